The molecule has 2 heterocycles. The van der Waals surface area contributed by atoms with Crippen molar-refractivity contribution < 1.29 is 9.90 Å². The van der Waals surface area contributed by atoms with Gasteiger partial charge in [0.25, 0.3) is 0 Å². The Balaban J connectivity index is 1.96. The lowest BCUT2D eigenvalue weighted by Gasteiger charge is -2.34. The van der Waals surface area contributed by atoms with E-state index in [1.807, 2.05) is 13.8 Å². The number of carbonyl (C=O) groups is 1. The predicted molar refractivity (Wildman–Crippen MR) is 76.9 cm³/mol. The molecule has 0 amide bonds. The molecule has 0 spiro atoms. The maximum Gasteiger partial charge on any atom is 0.317 e. The summed E-state index contributed by atoms with van der Waals surface area (Å²) < 4.78 is 0. The van der Waals surface area contributed by atoms with Crippen LogP contribution in [-0.4, -0.2) is 47.2 Å². The minimum Gasteiger partial charge on any atom is -0.480 e. The number of nitrogens with one attached hydrogen (secondary N) is 1. The standard InChI is InChI=1S/C14H22N4O2/c1-10-6-16-11(2)14(17-10)18-5-3-4-12(9-18)7-15-8-13(19)20/h6,12,15H,3-5,7-9H2,1-2H3,(H,19,20). The average molecular weight is 278 g/mol. The van der Waals surface area contributed by atoms with Crippen LogP contribution in [0.1, 0.15) is 24.2 Å². The van der Waals surface area contributed by atoms with Gasteiger partial charge in [-0.3, -0.25) is 9.78 Å². The first-order chi connectivity index (χ1) is 9.56. The molecule has 0 aromatic carbocycles. The van der Waals surface area contributed by atoms with Gasteiger partial charge in [-0.2, -0.15) is 0 Å². The first-order valence-electron chi connectivity index (χ1n) is 7.04. The molecule has 2 N–H and O–H groups in total. The first-order valence-corrected chi connectivity index (χ1v) is 7.04. The number of hydrogen-bond donors (Lipinski definition) is 2. The number of carboxylic acids is 1. The van der Waals surface area contributed by atoms with Crippen molar-refractivity contribution in [3.63, 3.8) is 0 Å². The Bertz CT molecular complexity index is 478. The lowest BCUT2D eigenvalue weighted by molar-refractivity contribution is -0.136. The molecule has 20 heavy (non-hydrogen) atoms. The van der Waals surface area contributed by atoms with Gasteiger partial charge >= 0.3 is 5.97 Å². The van der Waals surface area contributed by atoms with Gasteiger partial charge in [0.05, 0.1) is 17.9 Å². The highest BCUT2D eigenvalue weighted by Crippen LogP contribution is 2.23. The van der Waals surface area contributed by atoms with Crippen LogP contribution < -0.4 is 10.2 Å². The normalized spacial score (nSPS) is 19.1. The average Bonchev–Trinajstić information content (AvgIpc) is 2.41. The molecule has 110 valence electrons. The fourth-order valence-corrected chi connectivity index (χ4v) is 2.63. The number of rotatable bonds is 5. The van der Waals surface area contributed by atoms with Crippen molar-refractivity contribution in [2.45, 2.75) is 26.7 Å². The Labute approximate surface area is 119 Å². The number of anilines is 1. The van der Waals surface area contributed by atoms with Crippen LogP contribution in [0.5, 0.6) is 0 Å². The van der Waals surface area contributed by atoms with E-state index in [-0.39, 0.29) is 6.54 Å². The Morgan fingerprint density at radius 3 is 3.10 bits per heavy atom. The van der Waals surface area contributed by atoms with E-state index in [1.165, 1.54) is 0 Å². The monoisotopic (exact) mass is 278 g/mol. The minimum absolute atomic E-state index is 0.0276. The Hall–Kier alpha value is -1.69. The Morgan fingerprint density at radius 2 is 2.35 bits per heavy atom. The van der Waals surface area contributed by atoms with Crippen LogP contribution in [0.4, 0.5) is 5.82 Å². The van der Waals surface area contributed by atoms with E-state index in [0.29, 0.717) is 5.92 Å². The zero-order valence-corrected chi connectivity index (χ0v) is 12.1. The van der Waals surface area contributed by atoms with E-state index in [4.69, 9.17) is 5.11 Å². The van der Waals surface area contributed by atoms with Crippen molar-refractivity contribution in [3.05, 3.63) is 17.6 Å². The van der Waals surface area contributed by atoms with Crippen molar-refractivity contribution in [1.82, 2.24) is 15.3 Å². The lowest BCUT2D eigenvalue weighted by Crippen LogP contribution is -2.41. The molecule has 1 aromatic heterocycles. The number of aromatic nitrogens is 2. The van der Waals surface area contributed by atoms with E-state index < -0.39 is 5.97 Å². The molecule has 6 nitrogen and oxygen atoms in total. The summed E-state index contributed by atoms with van der Waals surface area (Å²) in [4.78, 5) is 21.7. The number of hydrogen-bond acceptors (Lipinski definition) is 5. The van der Waals surface area contributed by atoms with Crippen LogP contribution in [0.2, 0.25) is 0 Å². The Kier molecular flexibility index (Phi) is 4.89. The zero-order chi connectivity index (χ0) is 14.5. The highest BCUT2D eigenvalue weighted by molar-refractivity contribution is 5.68. The molecule has 1 aromatic rings. The number of piperidine rings is 1. The molecule has 0 aliphatic carbocycles. The topological polar surface area (TPSA) is 78.4 Å². The molecule has 1 aliphatic heterocycles. The van der Waals surface area contributed by atoms with Gasteiger partial charge in [0, 0.05) is 25.8 Å². The van der Waals surface area contributed by atoms with Crippen molar-refractivity contribution >= 4 is 11.8 Å². The summed E-state index contributed by atoms with van der Waals surface area (Å²) in [5, 5.41) is 11.6. The summed E-state index contributed by atoms with van der Waals surface area (Å²) in [6.45, 7) is 6.60. The zero-order valence-electron chi connectivity index (χ0n) is 12.1. The number of aryl methyl sites for hydroxylation is 2. The number of aliphatic carboxylic acids is 1. The summed E-state index contributed by atoms with van der Waals surface area (Å²) >= 11 is 0. The second kappa shape index (κ2) is 6.65. The highest BCUT2D eigenvalue weighted by Gasteiger charge is 2.22. The summed E-state index contributed by atoms with van der Waals surface area (Å²) in [7, 11) is 0. The molecular weight excluding hydrogens is 256 g/mol. The van der Waals surface area contributed by atoms with Crippen LogP contribution in [0.25, 0.3) is 0 Å². The van der Waals surface area contributed by atoms with Gasteiger partial charge in [-0.1, -0.05) is 0 Å². The third-order valence-electron chi connectivity index (χ3n) is 3.58. The molecule has 2 rings (SSSR count). The van der Waals surface area contributed by atoms with Gasteiger partial charge in [0.15, 0.2) is 0 Å². The smallest absolute Gasteiger partial charge is 0.317 e. The fraction of sp³-hybridized carbons (Fsp3) is 0.643. The van der Waals surface area contributed by atoms with Crippen LogP contribution >= 0.6 is 0 Å². The minimum atomic E-state index is -0.807. The molecule has 6 heteroatoms. The van der Waals surface area contributed by atoms with Crippen LogP contribution in [0.15, 0.2) is 6.20 Å². The maximum absolute atomic E-state index is 10.5. The summed E-state index contributed by atoms with van der Waals surface area (Å²) in [5.41, 5.74) is 1.88. The molecule has 1 fully saturated rings. The van der Waals surface area contributed by atoms with Gasteiger partial charge in [-0.05, 0) is 32.6 Å². The predicted octanol–water partition coefficient (Wildman–Crippen LogP) is 0.984. The van der Waals surface area contributed by atoms with Gasteiger partial charge in [0.1, 0.15) is 5.82 Å². The third kappa shape index (κ3) is 3.90. The van der Waals surface area contributed by atoms with Crippen LogP contribution in [0.3, 0.4) is 0 Å². The summed E-state index contributed by atoms with van der Waals surface area (Å²) in [6.07, 6.45) is 4.02. The fourth-order valence-electron chi connectivity index (χ4n) is 2.63. The maximum atomic E-state index is 10.5. The Morgan fingerprint density at radius 1 is 1.55 bits per heavy atom. The molecular formula is C14H22N4O2. The van der Waals surface area contributed by atoms with Gasteiger partial charge < -0.3 is 15.3 Å². The largest absolute Gasteiger partial charge is 0.480 e. The molecule has 1 aliphatic rings. The second-order valence-corrected chi connectivity index (χ2v) is 5.40. The molecule has 0 saturated carbocycles. The number of nitrogens with zero attached hydrogens (tertiary/aromatic N) is 3. The molecule has 1 atom stereocenters. The van der Waals surface area contributed by atoms with Gasteiger partial charge in [-0.25, -0.2) is 4.98 Å². The van der Waals surface area contributed by atoms with E-state index in [1.54, 1.807) is 6.20 Å². The lowest BCUT2D eigenvalue weighted by atomic mass is 9.98. The second-order valence-electron chi connectivity index (χ2n) is 5.40. The van der Waals surface area contributed by atoms with Gasteiger partial charge in [0.2, 0.25) is 0 Å². The highest BCUT2D eigenvalue weighted by atomic mass is 16.4. The molecule has 0 bridgehead atoms. The van der Waals surface area contributed by atoms with E-state index in [0.717, 1.165) is 49.7 Å². The number of carboxylic acid groups (broad SMARTS) is 1. The SMILES string of the molecule is Cc1cnc(C)c(N2CCCC(CNCC(=O)O)C2)n1. The van der Waals surface area contributed by atoms with E-state index >= 15 is 0 Å². The van der Waals surface area contributed by atoms with E-state index in [9.17, 15) is 4.79 Å². The van der Waals surface area contributed by atoms with Crippen molar-refractivity contribution in [3.8, 4) is 0 Å². The molecule has 1 saturated heterocycles. The molecule has 0 radical (unpaired) electrons. The first kappa shape index (κ1) is 14.7. The van der Waals surface area contributed by atoms with Crippen LogP contribution in [-0.2, 0) is 4.79 Å². The molecule has 1 unspecified atom stereocenters. The van der Waals surface area contributed by atoms with Gasteiger partial charge in [-0.15, -0.1) is 0 Å². The van der Waals surface area contributed by atoms with Crippen molar-refractivity contribution in [2.75, 3.05) is 31.1 Å². The quantitative estimate of drug-likeness (QED) is 0.836. The summed E-state index contributed by atoms with van der Waals surface area (Å²) in [6, 6.07) is 0. The third-order valence-corrected chi connectivity index (χ3v) is 3.58. The van der Waals surface area contributed by atoms with E-state index in [2.05, 4.69) is 20.2 Å². The summed E-state index contributed by atoms with van der Waals surface area (Å²) in [5.74, 6) is 0.621. The van der Waals surface area contributed by atoms with Crippen LogP contribution in [0, 0.1) is 19.8 Å². The van der Waals surface area contributed by atoms with Crippen molar-refractivity contribution in [1.29, 1.82) is 0 Å². The van der Waals surface area contributed by atoms with Crippen molar-refractivity contribution in [2.24, 2.45) is 5.92 Å².